The van der Waals surface area contributed by atoms with Crippen LogP contribution in [0.2, 0.25) is 0 Å². The van der Waals surface area contributed by atoms with Crippen LogP contribution < -0.4 is 16.2 Å². The summed E-state index contributed by atoms with van der Waals surface area (Å²) in [6.07, 6.45) is 5.51. The molecular weight excluding hydrogens is 378 g/mol. The average molecular weight is 401 g/mol. The van der Waals surface area contributed by atoms with E-state index in [0.717, 1.165) is 25.7 Å². The molecule has 0 aromatic carbocycles. The topological polar surface area (TPSA) is 157 Å². The zero-order chi connectivity index (χ0) is 21.0. The highest BCUT2D eigenvalue weighted by Gasteiger charge is 2.25. The molecular formula is C19H23N5O5. The normalized spacial score (nSPS) is 15.5. The van der Waals surface area contributed by atoms with E-state index < -0.39 is 29.0 Å². The summed E-state index contributed by atoms with van der Waals surface area (Å²) in [7, 11) is 0. The van der Waals surface area contributed by atoms with Gasteiger partial charge in [0.2, 0.25) is 5.75 Å². The highest BCUT2D eigenvalue weighted by Crippen LogP contribution is 2.27. The molecule has 3 rings (SSSR count). The molecule has 1 fully saturated rings. The Morgan fingerprint density at radius 1 is 1.28 bits per heavy atom. The van der Waals surface area contributed by atoms with Gasteiger partial charge in [0, 0.05) is 12.2 Å². The second-order valence-electron chi connectivity index (χ2n) is 7.10. The van der Waals surface area contributed by atoms with Gasteiger partial charge >= 0.3 is 6.09 Å². The molecule has 0 saturated heterocycles. The van der Waals surface area contributed by atoms with E-state index in [4.69, 9.17) is 5.11 Å². The minimum absolute atomic E-state index is 0.0291. The van der Waals surface area contributed by atoms with Gasteiger partial charge in [0.15, 0.2) is 11.5 Å². The summed E-state index contributed by atoms with van der Waals surface area (Å²) < 4.78 is 0. The van der Waals surface area contributed by atoms with Crippen LogP contribution in [0.3, 0.4) is 0 Å². The first-order chi connectivity index (χ1) is 13.9. The number of aromatic hydroxyl groups is 1. The molecule has 0 spiro atoms. The number of aromatic nitrogens is 3. The summed E-state index contributed by atoms with van der Waals surface area (Å²) in [5.41, 5.74) is -1.24. The Bertz CT molecular complexity index is 968. The van der Waals surface area contributed by atoms with Crippen LogP contribution in [0, 0.1) is 5.92 Å². The number of carbonyl (C=O) groups is 2. The van der Waals surface area contributed by atoms with Crippen LogP contribution in [0.15, 0.2) is 23.1 Å². The second-order valence-corrected chi connectivity index (χ2v) is 7.10. The number of nitrogens with one attached hydrogen (secondary N) is 3. The summed E-state index contributed by atoms with van der Waals surface area (Å²) in [6.45, 7) is 1.90. The van der Waals surface area contributed by atoms with Crippen molar-refractivity contribution in [1.82, 2.24) is 20.3 Å². The predicted octanol–water partition coefficient (Wildman–Crippen LogP) is 2.33. The molecule has 1 saturated carbocycles. The van der Waals surface area contributed by atoms with Crippen molar-refractivity contribution < 1.29 is 19.8 Å². The van der Waals surface area contributed by atoms with Crippen molar-refractivity contribution in [2.45, 2.75) is 45.1 Å². The average Bonchev–Trinajstić information content (AvgIpc) is 2.70. The fourth-order valence-electron chi connectivity index (χ4n) is 3.57. The highest BCUT2D eigenvalue weighted by molar-refractivity contribution is 5.95. The highest BCUT2D eigenvalue weighted by atomic mass is 16.4. The van der Waals surface area contributed by atoms with Crippen molar-refractivity contribution in [2.75, 3.05) is 5.32 Å². The Morgan fingerprint density at radius 3 is 2.69 bits per heavy atom. The molecule has 1 aliphatic carbocycles. The first-order valence-corrected chi connectivity index (χ1v) is 9.46. The summed E-state index contributed by atoms with van der Waals surface area (Å²) in [6, 6.07) is 2.81. The molecule has 0 bridgehead atoms. The van der Waals surface area contributed by atoms with Crippen LogP contribution in [-0.4, -0.2) is 43.2 Å². The third kappa shape index (κ3) is 4.71. The van der Waals surface area contributed by atoms with Crippen LogP contribution in [0.1, 0.15) is 49.5 Å². The second kappa shape index (κ2) is 8.72. The van der Waals surface area contributed by atoms with E-state index in [9.17, 15) is 19.5 Å². The zero-order valence-corrected chi connectivity index (χ0v) is 15.9. The van der Waals surface area contributed by atoms with Gasteiger partial charge in [-0.3, -0.25) is 19.9 Å². The molecule has 29 heavy (non-hydrogen) atoms. The van der Waals surface area contributed by atoms with E-state index >= 15 is 0 Å². The molecule has 10 heteroatoms. The van der Waals surface area contributed by atoms with Crippen LogP contribution in [0.4, 0.5) is 10.5 Å². The van der Waals surface area contributed by atoms with Crippen LogP contribution in [0.25, 0.3) is 11.5 Å². The smallest absolute Gasteiger partial charge is 0.409 e. The number of carboxylic acid groups (broad SMARTS) is 1. The summed E-state index contributed by atoms with van der Waals surface area (Å²) in [4.78, 5) is 46.3. The minimum atomic E-state index is -1.32. The van der Waals surface area contributed by atoms with E-state index in [1.165, 1.54) is 24.8 Å². The van der Waals surface area contributed by atoms with E-state index in [0.29, 0.717) is 5.92 Å². The number of rotatable bonds is 5. The number of hydrogen-bond donors (Lipinski definition) is 5. The van der Waals surface area contributed by atoms with Crippen molar-refractivity contribution in [3.63, 3.8) is 0 Å². The molecule has 10 nitrogen and oxygen atoms in total. The van der Waals surface area contributed by atoms with Crippen LogP contribution in [0.5, 0.6) is 5.75 Å². The quantitative estimate of drug-likeness (QED) is 0.514. The molecule has 5 N–H and O–H groups in total. The third-order valence-corrected chi connectivity index (χ3v) is 5.10. The molecule has 154 valence electrons. The molecule has 2 aromatic heterocycles. The van der Waals surface area contributed by atoms with Gasteiger partial charge in [0.1, 0.15) is 5.69 Å². The Morgan fingerprint density at radius 2 is 2.00 bits per heavy atom. The first kappa shape index (κ1) is 20.3. The number of H-pyrrole nitrogens is 1. The third-order valence-electron chi connectivity index (χ3n) is 5.10. The van der Waals surface area contributed by atoms with Crippen molar-refractivity contribution in [1.29, 1.82) is 0 Å². The molecule has 2 aromatic rings. The molecule has 0 radical (unpaired) electrons. The molecule has 0 aliphatic heterocycles. The maximum atomic E-state index is 12.7. The standard InChI is InChI=1S/C19H23N5O5/c1-10(11-6-3-2-4-7-11)21-17(26)14-15(25)18(27)24-16(23-14)13-12(22-19(28)29)8-5-9-20-13/h5,8-11,22,25H,2-4,6-7H2,1H3,(H,21,26)(H,28,29)(H,23,24,27)/t10-/m1/s1. The van der Waals surface area contributed by atoms with Gasteiger partial charge in [-0.25, -0.2) is 9.78 Å². The predicted molar refractivity (Wildman–Crippen MR) is 105 cm³/mol. The number of nitrogens with zero attached hydrogens (tertiary/aromatic N) is 2. The van der Waals surface area contributed by atoms with E-state index in [1.807, 2.05) is 6.92 Å². The first-order valence-electron chi connectivity index (χ1n) is 9.46. The van der Waals surface area contributed by atoms with Gasteiger partial charge < -0.3 is 20.5 Å². The Hall–Kier alpha value is -3.43. The van der Waals surface area contributed by atoms with Crippen LogP contribution >= 0.6 is 0 Å². The van der Waals surface area contributed by atoms with Crippen molar-refractivity contribution in [3.05, 3.63) is 34.4 Å². The zero-order valence-electron chi connectivity index (χ0n) is 15.9. The van der Waals surface area contributed by atoms with Gasteiger partial charge in [-0.1, -0.05) is 19.3 Å². The van der Waals surface area contributed by atoms with Gasteiger partial charge in [0.05, 0.1) is 5.69 Å². The number of hydrogen-bond acceptors (Lipinski definition) is 6. The number of amides is 2. The maximum Gasteiger partial charge on any atom is 0.409 e. The Labute approximate surface area is 166 Å². The molecule has 2 heterocycles. The van der Waals surface area contributed by atoms with Gasteiger partial charge in [0.25, 0.3) is 11.5 Å². The van der Waals surface area contributed by atoms with Crippen molar-refractivity contribution in [2.24, 2.45) is 5.92 Å². The fraction of sp³-hybridized carbons (Fsp3) is 0.421. The number of anilines is 1. The van der Waals surface area contributed by atoms with Gasteiger partial charge in [-0.2, -0.15) is 0 Å². The minimum Gasteiger partial charge on any atom is -0.501 e. The summed E-state index contributed by atoms with van der Waals surface area (Å²) in [5, 5.41) is 24.0. The maximum absolute atomic E-state index is 12.7. The summed E-state index contributed by atoms with van der Waals surface area (Å²) in [5.74, 6) is -1.27. The Kier molecular flexibility index (Phi) is 6.10. The van der Waals surface area contributed by atoms with Gasteiger partial charge in [-0.05, 0) is 37.8 Å². The molecule has 1 atom stereocenters. The van der Waals surface area contributed by atoms with Gasteiger partial charge in [-0.15, -0.1) is 0 Å². The van der Waals surface area contributed by atoms with Crippen LogP contribution in [-0.2, 0) is 0 Å². The monoisotopic (exact) mass is 401 g/mol. The summed E-state index contributed by atoms with van der Waals surface area (Å²) >= 11 is 0. The van der Waals surface area contributed by atoms with E-state index in [-0.39, 0.29) is 23.2 Å². The SMILES string of the molecule is C[C@@H](NC(=O)c1nc(-c2ncccc2NC(=O)O)[nH]c(=O)c1O)C1CCCCC1. The number of pyridine rings is 1. The molecule has 2 amide bonds. The largest absolute Gasteiger partial charge is 0.501 e. The lowest BCUT2D eigenvalue weighted by Gasteiger charge is -2.28. The molecule has 1 aliphatic rings. The van der Waals surface area contributed by atoms with Crippen molar-refractivity contribution in [3.8, 4) is 17.3 Å². The lowest BCUT2D eigenvalue weighted by atomic mass is 9.84. The fourth-order valence-corrected chi connectivity index (χ4v) is 3.57. The van der Waals surface area contributed by atoms with E-state index in [2.05, 4.69) is 25.6 Å². The Balaban J connectivity index is 1.91. The number of carbonyl (C=O) groups excluding carboxylic acids is 1. The van der Waals surface area contributed by atoms with E-state index in [1.54, 1.807) is 0 Å². The van der Waals surface area contributed by atoms with Crippen molar-refractivity contribution >= 4 is 17.7 Å². The molecule has 0 unspecified atom stereocenters. The number of aromatic amines is 1. The lowest BCUT2D eigenvalue weighted by molar-refractivity contribution is 0.0910. The lowest BCUT2D eigenvalue weighted by Crippen LogP contribution is -2.39.